The lowest BCUT2D eigenvalue weighted by Gasteiger charge is -2.14. The fourth-order valence-corrected chi connectivity index (χ4v) is 3.86. The fourth-order valence-electron chi connectivity index (χ4n) is 2.30. The standard InChI is InChI=1S/C17H9Cl3FNO3S/c18-10-2-1-3-13(21)9(10)7-22-16(24)14(26-17(22)25)6-8-4-11(19)15(23)12(20)5-8/h1-6,23H,7H2/b14-6-. The number of phenolic OH excluding ortho intramolecular Hbond substituents is 1. The summed E-state index contributed by atoms with van der Waals surface area (Å²) in [5.41, 5.74) is 0.501. The summed E-state index contributed by atoms with van der Waals surface area (Å²) in [6.45, 7) is -0.273. The smallest absolute Gasteiger partial charge is 0.293 e. The van der Waals surface area contributed by atoms with Crippen molar-refractivity contribution in [3.05, 3.63) is 67.2 Å². The SMILES string of the molecule is O=C1S/C(=C\c2cc(Cl)c(O)c(Cl)c2)C(=O)N1Cc1c(F)cccc1Cl. The number of phenols is 1. The Morgan fingerprint density at radius 1 is 1.12 bits per heavy atom. The molecule has 9 heteroatoms. The van der Waals surface area contributed by atoms with E-state index in [1.54, 1.807) is 0 Å². The van der Waals surface area contributed by atoms with Gasteiger partial charge in [0.05, 0.1) is 21.5 Å². The molecule has 2 aromatic rings. The summed E-state index contributed by atoms with van der Waals surface area (Å²) >= 11 is 18.4. The van der Waals surface area contributed by atoms with Crippen LogP contribution in [-0.4, -0.2) is 21.2 Å². The van der Waals surface area contributed by atoms with Gasteiger partial charge in [-0.25, -0.2) is 4.39 Å². The molecule has 1 aliphatic heterocycles. The van der Waals surface area contributed by atoms with E-state index in [0.29, 0.717) is 17.3 Å². The van der Waals surface area contributed by atoms with Crippen molar-refractivity contribution >= 4 is 63.8 Å². The normalized spacial score (nSPS) is 16.0. The first kappa shape index (κ1) is 19.0. The highest BCUT2D eigenvalue weighted by molar-refractivity contribution is 8.18. The van der Waals surface area contributed by atoms with Gasteiger partial charge in [-0.15, -0.1) is 0 Å². The number of rotatable bonds is 3. The molecule has 0 saturated carbocycles. The number of halogens is 4. The van der Waals surface area contributed by atoms with Crippen LogP contribution in [0.15, 0.2) is 35.2 Å². The molecule has 0 aromatic heterocycles. The average molecular weight is 433 g/mol. The quantitative estimate of drug-likeness (QED) is 0.629. The Hall–Kier alpha value is -1.73. The van der Waals surface area contributed by atoms with E-state index >= 15 is 0 Å². The Morgan fingerprint density at radius 3 is 2.38 bits per heavy atom. The second kappa shape index (κ2) is 7.48. The molecular formula is C17H9Cl3FNO3S. The van der Waals surface area contributed by atoms with Crippen LogP contribution in [0.2, 0.25) is 15.1 Å². The lowest BCUT2D eigenvalue weighted by Crippen LogP contribution is -2.28. The van der Waals surface area contributed by atoms with Crippen LogP contribution in [0.4, 0.5) is 9.18 Å². The molecule has 0 unspecified atom stereocenters. The van der Waals surface area contributed by atoms with E-state index < -0.39 is 17.0 Å². The highest BCUT2D eigenvalue weighted by Crippen LogP contribution is 2.37. The Morgan fingerprint density at radius 2 is 1.77 bits per heavy atom. The van der Waals surface area contributed by atoms with Crippen molar-refractivity contribution in [1.82, 2.24) is 4.90 Å². The van der Waals surface area contributed by atoms with Gasteiger partial charge in [0, 0.05) is 10.6 Å². The van der Waals surface area contributed by atoms with Crippen molar-refractivity contribution in [2.75, 3.05) is 0 Å². The van der Waals surface area contributed by atoms with E-state index in [1.165, 1.54) is 36.4 Å². The maximum Gasteiger partial charge on any atom is 0.293 e. The van der Waals surface area contributed by atoms with E-state index in [2.05, 4.69) is 0 Å². The monoisotopic (exact) mass is 431 g/mol. The van der Waals surface area contributed by atoms with Gasteiger partial charge in [-0.2, -0.15) is 0 Å². The minimum atomic E-state index is -0.599. The van der Waals surface area contributed by atoms with Gasteiger partial charge in [-0.1, -0.05) is 40.9 Å². The minimum Gasteiger partial charge on any atom is -0.505 e. The number of benzene rings is 2. The van der Waals surface area contributed by atoms with Crippen LogP contribution >= 0.6 is 46.6 Å². The number of aromatic hydroxyl groups is 1. The fraction of sp³-hybridized carbons (Fsp3) is 0.0588. The Kier molecular flexibility index (Phi) is 5.48. The Bertz CT molecular complexity index is 921. The number of hydrogen-bond donors (Lipinski definition) is 1. The van der Waals surface area contributed by atoms with Crippen molar-refractivity contribution in [1.29, 1.82) is 0 Å². The van der Waals surface area contributed by atoms with Gasteiger partial charge in [-0.05, 0) is 47.7 Å². The van der Waals surface area contributed by atoms with E-state index in [4.69, 9.17) is 34.8 Å². The predicted octanol–water partition coefficient (Wildman–Crippen LogP) is 5.73. The Labute approximate surface area is 167 Å². The number of carbonyl (C=O) groups is 2. The third-order valence-electron chi connectivity index (χ3n) is 3.59. The van der Waals surface area contributed by atoms with Gasteiger partial charge in [0.25, 0.3) is 11.1 Å². The van der Waals surface area contributed by atoms with Crippen molar-refractivity contribution < 1.29 is 19.1 Å². The van der Waals surface area contributed by atoms with Crippen LogP contribution in [0.25, 0.3) is 6.08 Å². The van der Waals surface area contributed by atoms with Crippen LogP contribution in [0, 0.1) is 5.82 Å². The van der Waals surface area contributed by atoms with Crippen molar-refractivity contribution in [3.8, 4) is 5.75 Å². The second-order valence-corrected chi connectivity index (χ2v) is 7.52. The number of thioether (sulfide) groups is 1. The van der Waals surface area contributed by atoms with Crippen molar-refractivity contribution in [2.45, 2.75) is 6.54 Å². The molecule has 134 valence electrons. The molecule has 1 saturated heterocycles. The van der Waals surface area contributed by atoms with E-state index in [-0.39, 0.29) is 37.8 Å². The second-order valence-electron chi connectivity index (χ2n) is 5.30. The Balaban J connectivity index is 1.90. The molecule has 0 spiro atoms. The first-order valence-corrected chi connectivity index (χ1v) is 9.09. The molecule has 4 nitrogen and oxygen atoms in total. The number of imide groups is 1. The average Bonchev–Trinajstić information content (AvgIpc) is 2.83. The summed E-state index contributed by atoms with van der Waals surface area (Å²) in [5, 5.41) is 9.19. The van der Waals surface area contributed by atoms with Gasteiger partial charge >= 0.3 is 0 Å². The molecule has 1 fully saturated rings. The van der Waals surface area contributed by atoms with Gasteiger partial charge in [-0.3, -0.25) is 14.5 Å². The molecule has 0 bridgehead atoms. The first-order valence-electron chi connectivity index (χ1n) is 7.14. The third-order valence-corrected chi connectivity index (χ3v) is 5.43. The zero-order valence-electron chi connectivity index (χ0n) is 12.8. The molecule has 26 heavy (non-hydrogen) atoms. The van der Waals surface area contributed by atoms with E-state index in [9.17, 15) is 19.1 Å². The maximum atomic E-state index is 13.9. The van der Waals surface area contributed by atoms with Crippen LogP contribution in [0.1, 0.15) is 11.1 Å². The molecule has 0 radical (unpaired) electrons. The number of hydrogen-bond acceptors (Lipinski definition) is 4. The molecule has 1 aliphatic rings. The van der Waals surface area contributed by atoms with Crippen LogP contribution in [0.5, 0.6) is 5.75 Å². The molecule has 1 N–H and O–H groups in total. The van der Waals surface area contributed by atoms with E-state index in [1.807, 2.05) is 0 Å². The van der Waals surface area contributed by atoms with Gasteiger partial charge in [0.1, 0.15) is 5.82 Å². The predicted molar refractivity (Wildman–Crippen MR) is 101 cm³/mol. The topological polar surface area (TPSA) is 57.6 Å². The number of amides is 2. The molecule has 2 amide bonds. The molecule has 0 aliphatic carbocycles. The van der Waals surface area contributed by atoms with Crippen molar-refractivity contribution in [2.24, 2.45) is 0 Å². The van der Waals surface area contributed by atoms with Crippen molar-refractivity contribution in [3.63, 3.8) is 0 Å². The lowest BCUT2D eigenvalue weighted by molar-refractivity contribution is -0.123. The molecule has 0 atom stereocenters. The van der Waals surface area contributed by atoms with Crippen LogP contribution < -0.4 is 0 Å². The summed E-state index contributed by atoms with van der Waals surface area (Å²) in [4.78, 5) is 25.7. The van der Waals surface area contributed by atoms with Gasteiger partial charge in [0.2, 0.25) is 0 Å². The zero-order valence-corrected chi connectivity index (χ0v) is 15.9. The molecular weight excluding hydrogens is 424 g/mol. The van der Waals surface area contributed by atoms with Crippen LogP contribution in [-0.2, 0) is 11.3 Å². The highest BCUT2D eigenvalue weighted by atomic mass is 35.5. The number of carbonyl (C=O) groups excluding carboxylic acids is 2. The minimum absolute atomic E-state index is 0.0149. The molecule has 3 rings (SSSR count). The van der Waals surface area contributed by atoms with Gasteiger partial charge in [0.15, 0.2) is 5.75 Å². The third kappa shape index (κ3) is 3.69. The first-order chi connectivity index (χ1) is 12.3. The van der Waals surface area contributed by atoms with Crippen LogP contribution in [0.3, 0.4) is 0 Å². The lowest BCUT2D eigenvalue weighted by atomic mass is 10.2. The largest absolute Gasteiger partial charge is 0.505 e. The highest BCUT2D eigenvalue weighted by Gasteiger charge is 2.36. The van der Waals surface area contributed by atoms with E-state index in [0.717, 1.165) is 4.90 Å². The number of nitrogens with zero attached hydrogens (tertiary/aromatic N) is 1. The molecule has 1 heterocycles. The summed E-state index contributed by atoms with van der Waals surface area (Å²) < 4.78 is 13.9. The van der Waals surface area contributed by atoms with Gasteiger partial charge < -0.3 is 5.11 Å². The zero-order chi connectivity index (χ0) is 19.0. The summed E-state index contributed by atoms with van der Waals surface area (Å²) in [7, 11) is 0. The summed E-state index contributed by atoms with van der Waals surface area (Å²) in [6, 6.07) is 6.94. The summed E-state index contributed by atoms with van der Waals surface area (Å²) in [6.07, 6.45) is 1.42. The molecule has 2 aromatic carbocycles. The maximum absolute atomic E-state index is 13.9. The summed E-state index contributed by atoms with van der Waals surface area (Å²) in [5.74, 6) is -1.45.